The van der Waals surface area contributed by atoms with E-state index in [2.05, 4.69) is 55.9 Å². The summed E-state index contributed by atoms with van der Waals surface area (Å²) in [5.74, 6) is 2.23. The topological polar surface area (TPSA) is 87.8 Å². The minimum Gasteiger partial charge on any atom is -0.483 e. The highest BCUT2D eigenvalue weighted by atomic mass is 16.5. The minimum atomic E-state index is 0.419. The van der Waals surface area contributed by atoms with Crippen LogP contribution in [-0.2, 0) is 6.61 Å². The van der Waals surface area contributed by atoms with E-state index in [0.717, 1.165) is 28.1 Å². The number of aromatic nitrogens is 4. The van der Waals surface area contributed by atoms with Gasteiger partial charge in [0.05, 0.1) is 6.20 Å². The largest absolute Gasteiger partial charge is 0.483 e. The summed E-state index contributed by atoms with van der Waals surface area (Å²) in [5.41, 5.74) is 5.26. The van der Waals surface area contributed by atoms with Crippen LogP contribution in [-0.4, -0.2) is 20.2 Å². The Morgan fingerprint density at radius 3 is 2.57 bits per heavy atom. The van der Waals surface area contributed by atoms with Crippen molar-refractivity contribution >= 4 is 23.3 Å². The van der Waals surface area contributed by atoms with Gasteiger partial charge in [-0.2, -0.15) is 10.1 Å². The normalized spacial score (nSPS) is 10.6. The molecule has 0 radical (unpaired) electrons. The Morgan fingerprint density at radius 2 is 1.80 bits per heavy atom. The summed E-state index contributed by atoms with van der Waals surface area (Å²) in [4.78, 5) is 9.09. The zero-order valence-corrected chi connectivity index (χ0v) is 17.2. The van der Waals surface area contributed by atoms with Crippen molar-refractivity contribution in [3.05, 3.63) is 83.2 Å². The van der Waals surface area contributed by atoms with Gasteiger partial charge in [0.2, 0.25) is 5.95 Å². The molecule has 30 heavy (non-hydrogen) atoms. The second-order valence-electron chi connectivity index (χ2n) is 7.19. The van der Waals surface area contributed by atoms with Gasteiger partial charge in [-0.3, -0.25) is 5.10 Å². The molecule has 2 aromatic carbocycles. The van der Waals surface area contributed by atoms with E-state index < -0.39 is 0 Å². The van der Waals surface area contributed by atoms with E-state index in [1.165, 1.54) is 0 Å². The highest BCUT2D eigenvalue weighted by Gasteiger charge is 2.12. The molecule has 2 aromatic heterocycles. The zero-order valence-electron chi connectivity index (χ0n) is 17.2. The number of nitrogens with one attached hydrogen (secondary N) is 3. The summed E-state index contributed by atoms with van der Waals surface area (Å²) < 4.78 is 6.00. The predicted molar refractivity (Wildman–Crippen MR) is 119 cm³/mol. The number of anilines is 4. The summed E-state index contributed by atoms with van der Waals surface area (Å²) in [7, 11) is 0. The minimum absolute atomic E-state index is 0.419. The summed E-state index contributed by atoms with van der Waals surface area (Å²) in [6.07, 6.45) is 1.67. The molecule has 0 fully saturated rings. The number of aryl methyl sites for hydroxylation is 3. The van der Waals surface area contributed by atoms with Crippen molar-refractivity contribution in [1.82, 2.24) is 20.2 Å². The molecule has 4 rings (SSSR count). The van der Waals surface area contributed by atoms with Gasteiger partial charge in [-0.05, 0) is 43.5 Å². The van der Waals surface area contributed by atoms with E-state index in [-0.39, 0.29) is 0 Å². The Hall–Kier alpha value is -3.87. The van der Waals surface area contributed by atoms with Crippen LogP contribution in [0.1, 0.15) is 22.4 Å². The molecule has 7 nitrogen and oxygen atoms in total. The Balaban J connectivity index is 1.61. The third kappa shape index (κ3) is 4.75. The lowest BCUT2D eigenvalue weighted by molar-refractivity contribution is 0.305. The molecule has 0 aliphatic rings. The van der Waals surface area contributed by atoms with E-state index >= 15 is 0 Å². The smallest absolute Gasteiger partial charge is 0.229 e. The van der Waals surface area contributed by atoms with Crippen LogP contribution in [0.3, 0.4) is 0 Å². The molecule has 3 N–H and O–H groups in total. The van der Waals surface area contributed by atoms with Crippen LogP contribution < -0.4 is 15.4 Å². The summed E-state index contributed by atoms with van der Waals surface area (Å²) in [6.45, 7) is 6.46. The van der Waals surface area contributed by atoms with Crippen molar-refractivity contribution in [3.63, 3.8) is 0 Å². The molecule has 0 amide bonds. The molecular weight excluding hydrogens is 376 g/mol. The van der Waals surface area contributed by atoms with Crippen LogP contribution in [0, 0.1) is 20.8 Å². The molecule has 0 atom stereocenters. The van der Waals surface area contributed by atoms with Crippen LogP contribution >= 0.6 is 0 Å². The number of aromatic amines is 1. The lowest BCUT2D eigenvalue weighted by Crippen LogP contribution is -2.06. The first-order valence-corrected chi connectivity index (χ1v) is 9.74. The van der Waals surface area contributed by atoms with Gasteiger partial charge < -0.3 is 15.4 Å². The fourth-order valence-corrected chi connectivity index (χ4v) is 2.96. The SMILES string of the molecule is Cc1ccc(C)c(Nc2ncc(OCc3ccccc3)c(Nc3cc(C)[nH]n3)n2)c1. The number of hydrogen-bond acceptors (Lipinski definition) is 6. The average Bonchev–Trinajstić information content (AvgIpc) is 3.15. The standard InChI is InChI=1S/C23H24N6O/c1-15-9-10-16(2)19(11-15)25-23-24-13-20(30-14-18-7-5-4-6-8-18)22(27-23)26-21-12-17(3)28-29-21/h4-13H,14H2,1-3H3,(H3,24,25,26,27,28,29). The number of ether oxygens (including phenoxy) is 1. The summed E-state index contributed by atoms with van der Waals surface area (Å²) >= 11 is 0. The molecule has 0 spiro atoms. The van der Waals surface area contributed by atoms with Gasteiger partial charge in [0.25, 0.3) is 0 Å². The monoisotopic (exact) mass is 400 g/mol. The fraction of sp³-hybridized carbons (Fsp3) is 0.174. The maximum absolute atomic E-state index is 6.00. The lowest BCUT2D eigenvalue weighted by Gasteiger charge is -2.14. The van der Waals surface area contributed by atoms with Gasteiger partial charge in [-0.25, -0.2) is 4.98 Å². The molecule has 0 bridgehead atoms. The van der Waals surface area contributed by atoms with E-state index in [1.807, 2.05) is 50.2 Å². The number of hydrogen-bond donors (Lipinski definition) is 3. The van der Waals surface area contributed by atoms with Crippen LogP contribution in [0.15, 0.2) is 60.8 Å². The van der Waals surface area contributed by atoms with Crippen molar-refractivity contribution in [3.8, 4) is 5.75 Å². The predicted octanol–water partition coefficient (Wildman–Crippen LogP) is 5.19. The Labute approximate surface area is 175 Å². The first-order valence-electron chi connectivity index (χ1n) is 9.74. The first kappa shape index (κ1) is 19.4. The fourth-order valence-electron chi connectivity index (χ4n) is 2.96. The molecule has 0 aliphatic heterocycles. The number of H-pyrrole nitrogens is 1. The van der Waals surface area contributed by atoms with Gasteiger partial charge in [0, 0.05) is 17.4 Å². The van der Waals surface area contributed by atoms with E-state index in [4.69, 9.17) is 4.74 Å². The zero-order chi connectivity index (χ0) is 20.9. The quantitative estimate of drug-likeness (QED) is 0.396. The number of nitrogens with zero attached hydrogens (tertiary/aromatic N) is 3. The third-order valence-corrected chi connectivity index (χ3v) is 4.58. The maximum atomic E-state index is 6.00. The molecule has 7 heteroatoms. The van der Waals surface area contributed by atoms with Crippen LogP contribution in [0.25, 0.3) is 0 Å². The molecule has 0 saturated carbocycles. The highest BCUT2D eigenvalue weighted by Crippen LogP contribution is 2.28. The maximum Gasteiger partial charge on any atom is 0.229 e. The van der Waals surface area contributed by atoms with Gasteiger partial charge in [-0.1, -0.05) is 42.5 Å². The lowest BCUT2D eigenvalue weighted by atomic mass is 10.1. The van der Waals surface area contributed by atoms with Gasteiger partial charge >= 0.3 is 0 Å². The average molecular weight is 400 g/mol. The Kier molecular flexibility index (Phi) is 5.61. The molecule has 0 aliphatic carbocycles. The number of rotatable bonds is 7. The van der Waals surface area contributed by atoms with Crippen LogP contribution in [0.2, 0.25) is 0 Å². The second-order valence-corrected chi connectivity index (χ2v) is 7.19. The van der Waals surface area contributed by atoms with Crippen molar-refractivity contribution in [2.45, 2.75) is 27.4 Å². The molecule has 2 heterocycles. The van der Waals surface area contributed by atoms with Crippen LogP contribution in [0.5, 0.6) is 5.75 Å². The van der Waals surface area contributed by atoms with Crippen molar-refractivity contribution in [2.75, 3.05) is 10.6 Å². The third-order valence-electron chi connectivity index (χ3n) is 4.58. The molecule has 0 unspecified atom stereocenters. The Morgan fingerprint density at radius 1 is 0.967 bits per heavy atom. The summed E-state index contributed by atoms with van der Waals surface area (Å²) in [5, 5.41) is 13.7. The van der Waals surface area contributed by atoms with E-state index in [0.29, 0.717) is 29.9 Å². The van der Waals surface area contributed by atoms with Crippen molar-refractivity contribution in [1.29, 1.82) is 0 Å². The highest BCUT2D eigenvalue weighted by molar-refractivity contribution is 5.64. The second kappa shape index (κ2) is 8.65. The summed E-state index contributed by atoms with van der Waals surface area (Å²) in [6, 6.07) is 18.1. The van der Waals surface area contributed by atoms with E-state index in [1.54, 1.807) is 6.20 Å². The van der Waals surface area contributed by atoms with Gasteiger partial charge in [0.1, 0.15) is 6.61 Å². The first-order chi connectivity index (χ1) is 14.6. The van der Waals surface area contributed by atoms with Crippen LogP contribution in [0.4, 0.5) is 23.3 Å². The van der Waals surface area contributed by atoms with Crippen molar-refractivity contribution < 1.29 is 4.74 Å². The molecule has 152 valence electrons. The van der Waals surface area contributed by atoms with Gasteiger partial charge in [0.15, 0.2) is 17.4 Å². The van der Waals surface area contributed by atoms with Crippen molar-refractivity contribution in [2.24, 2.45) is 0 Å². The molecule has 0 saturated heterocycles. The molecular formula is C23H24N6O. The number of benzene rings is 2. The molecule has 4 aromatic rings. The van der Waals surface area contributed by atoms with E-state index in [9.17, 15) is 0 Å². The van der Waals surface area contributed by atoms with Gasteiger partial charge in [-0.15, -0.1) is 0 Å². The Bertz CT molecular complexity index is 1140.